The van der Waals surface area contributed by atoms with Gasteiger partial charge in [0.05, 0.1) is 7.11 Å². The minimum atomic E-state index is 0.808. The Hall–Kier alpha value is -0.980. The van der Waals surface area contributed by atoms with Crippen molar-refractivity contribution in [3.05, 3.63) is 29.3 Å². The summed E-state index contributed by atoms with van der Waals surface area (Å²) in [6, 6.07) is 7.05. The van der Waals surface area contributed by atoms with Crippen molar-refractivity contribution >= 4 is 0 Å². The van der Waals surface area contributed by atoms with Gasteiger partial charge in [0, 0.05) is 6.07 Å². The van der Waals surface area contributed by atoms with Crippen molar-refractivity contribution in [3.8, 4) is 5.75 Å². The molecule has 0 heterocycles. The number of hydrogen-bond donors (Lipinski definition) is 0. The van der Waals surface area contributed by atoms with E-state index in [9.17, 15) is 0 Å². The summed E-state index contributed by atoms with van der Waals surface area (Å²) in [5.41, 5.74) is 2.40. The third kappa shape index (κ3) is 1.29. The van der Waals surface area contributed by atoms with Crippen LogP contribution in [0.5, 0.6) is 5.75 Å². The summed E-state index contributed by atoms with van der Waals surface area (Å²) < 4.78 is 4.99. The average Bonchev–Trinajstić information content (AvgIpc) is 1.95. The molecule has 0 aliphatic rings. The lowest BCUT2D eigenvalue weighted by molar-refractivity contribution is 0.413. The Bertz CT molecular complexity index is 228. The van der Waals surface area contributed by atoms with Crippen LogP contribution in [0.4, 0.5) is 0 Å². The zero-order valence-corrected chi connectivity index (χ0v) is 6.56. The predicted octanol–water partition coefficient (Wildman–Crippen LogP) is 2.11. The Labute approximate surface area is 61.6 Å². The van der Waals surface area contributed by atoms with E-state index in [-0.39, 0.29) is 0 Å². The molecule has 1 nitrogen and oxygen atoms in total. The van der Waals surface area contributed by atoms with Crippen LogP contribution in [0.1, 0.15) is 11.1 Å². The molecule has 0 spiro atoms. The van der Waals surface area contributed by atoms with Gasteiger partial charge in [0.15, 0.2) is 0 Å². The first-order chi connectivity index (χ1) is 4.74. The van der Waals surface area contributed by atoms with Crippen LogP contribution < -0.4 is 4.74 Å². The molecular formula is C9H11O. The quantitative estimate of drug-likeness (QED) is 0.573. The first-order valence-electron chi connectivity index (χ1n) is 3.27. The molecule has 0 fully saturated rings. The van der Waals surface area contributed by atoms with Crippen LogP contribution in [-0.4, -0.2) is 7.11 Å². The number of ether oxygens (including phenoxy) is 1. The number of methoxy groups -OCH3 is 1. The number of rotatable bonds is 1. The van der Waals surface area contributed by atoms with Crippen molar-refractivity contribution in [2.45, 2.75) is 13.8 Å². The van der Waals surface area contributed by atoms with Gasteiger partial charge in [-0.15, -0.1) is 0 Å². The molecule has 1 aromatic carbocycles. The van der Waals surface area contributed by atoms with Gasteiger partial charge in [0.1, 0.15) is 5.75 Å². The van der Waals surface area contributed by atoms with E-state index < -0.39 is 0 Å². The second-order valence-electron chi connectivity index (χ2n) is 2.33. The van der Waals surface area contributed by atoms with E-state index in [4.69, 9.17) is 4.74 Å². The van der Waals surface area contributed by atoms with Crippen molar-refractivity contribution in [1.29, 1.82) is 0 Å². The smallest absolute Gasteiger partial charge is 0.127 e. The molecule has 0 aliphatic heterocycles. The van der Waals surface area contributed by atoms with Gasteiger partial charge < -0.3 is 4.74 Å². The Balaban J connectivity index is 3.04. The fourth-order valence-corrected chi connectivity index (χ4v) is 0.770. The molecule has 0 saturated heterocycles. The highest BCUT2D eigenvalue weighted by atomic mass is 16.5. The van der Waals surface area contributed by atoms with E-state index in [1.165, 1.54) is 5.56 Å². The standard InChI is InChI=1S/C9H11O/c1-7-4-5-9(10-3)6-8(7)2/h4-5H,1-3H3. The SMILES string of the molecule is COc1[c]c(C)c(C)cc1. The highest BCUT2D eigenvalue weighted by Gasteiger charge is 1.94. The summed E-state index contributed by atoms with van der Waals surface area (Å²) in [4.78, 5) is 0. The van der Waals surface area contributed by atoms with Crippen LogP contribution in [0.3, 0.4) is 0 Å². The molecule has 0 aliphatic carbocycles. The van der Waals surface area contributed by atoms with Crippen molar-refractivity contribution in [3.63, 3.8) is 0 Å². The summed E-state index contributed by atoms with van der Waals surface area (Å²) in [6.45, 7) is 4.09. The maximum absolute atomic E-state index is 4.99. The van der Waals surface area contributed by atoms with E-state index in [2.05, 4.69) is 13.0 Å². The molecule has 0 amide bonds. The monoisotopic (exact) mass is 135 g/mol. The fraction of sp³-hybridized carbons (Fsp3) is 0.333. The molecule has 0 bridgehead atoms. The van der Waals surface area contributed by atoms with Crippen molar-refractivity contribution in [2.75, 3.05) is 7.11 Å². The number of hydrogen-bond acceptors (Lipinski definition) is 1. The molecule has 0 atom stereocenters. The van der Waals surface area contributed by atoms with E-state index in [0.29, 0.717) is 0 Å². The van der Waals surface area contributed by atoms with Gasteiger partial charge in [-0.2, -0.15) is 0 Å². The third-order valence-corrected chi connectivity index (χ3v) is 1.61. The molecule has 0 N–H and O–H groups in total. The van der Waals surface area contributed by atoms with Gasteiger partial charge in [0.2, 0.25) is 0 Å². The largest absolute Gasteiger partial charge is 0.496 e. The van der Waals surface area contributed by atoms with Gasteiger partial charge in [-0.25, -0.2) is 0 Å². The summed E-state index contributed by atoms with van der Waals surface area (Å²) in [5, 5.41) is 0. The summed E-state index contributed by atoms with van der Waals surface area (Å²) in [6.07, 6.45) is 0. The van der Waals surface area contributed by atoms with Crippen LogP contribution >= 0.6 is 0 Å². The van der Waals surface area contributed by atoms with Crippen LogP contribution in [0.2, 0.25) is 0 Å². The topological polar surface area (TPSA) is 9.23 Å². The van der Waals surface area contributed by atoms with E-state index in [1.54, 1.807) is 7.11 Å². The number of aryl methyl sites for hydroxylation is 2. The predicted molar refractivity (Wildman–Crippen MR) is 41.3 cm³/mol. The molecule has 1 heteroatoms. The summed E-state index contributed by atoms with van der Waals surface area (Å²) >= 11 is 0. The summed E-state index contributed by atoms with van der Waals surface area (Å²) in [5.74, 6) is 0.808. The van der Waals surface area contributed by atoms with Gasteiger partial charge in [-0.3, -0.25) is 0 Å². The van der Waals surface area contributed by atoms with Gasteiger partial charge in [0.25, 0.3) is 0 Å². The molecule has 1 aromatic rings. The fourth-order valence-electron chi connectivity index (χ4n) is 0.770. The second-order valence-corrected chi connectivity index (χ2v) is 2.33. The molecule has 53 valence electrons. The van der Waals surface area contributed by atoms with Gasteiger partial charge in [-0.05, 0) is 31.0 Å². The molecule has 0 aromatic heterocycles. The zero-order chi connectivity index (χ0) is 7.56. The maximum Gasteiger partial charge on any atom is 0.127 e. The maximum atomic E-state index is 4.99. The van der Waals surface area contributed by atoms with Crippen molar-refractivity contribution < 1.29 is 4.74 Å². The molecule has 1 radical (unpaired) electrons. The highest BCUT2D eigenvalue weighted by molar-refractivity contribution is 5.32. The third-order valence-electron chi connectivity index (χ3n) is 1.61. The van der Waals surface area contributed by atoms with E-state index >= 15 is 0 Å². The summed E-state index contributed by atoms with van der Waals surface area (Å²) in [7, 11) is 1.65. The van der Waals surface area contributed by atoms with Crippen molar-refractivity contribution in [2.24, 2.45) is 0 Å². The zero-order valence-electron chi connectivity index (χ0n) is 6.56. The van der Waals surface area contributed by atoms with Gasteiger partial charge in [-0.1, -0.05) is 6.07 Å². The number of benzene rings is 1. The minimum Gasteiger partial charge on any atom is -0.496 e. The molecular weight excluding hydrogens is 124 g/mol. The lowest BCUT2D eigenvalue weighted by Gasteiger charge is -2.01. The van der Waals surface area contributed by atoms with Crippen LogP contribution in [-0.2, 0) is 0 Å². The second kappa shape index (κ2) is 2.74. The Kier molecular flexibility index (Phi) is 1.95. The van der Waals surface area contributed by atoms with Crippen molar-refractivity contribution in [1.82, 2.24) is 0 Å². The first kappa shape index (κ1) is 7.13. The Morgan fingerprint density at radius 1 is 1.30 bits per heavy atom. The van der Waals surface area contributed by atoms with Gasteiger partial charge >= 0.3 is 0 Å². The highest BCUT2D eigenvalue weighted by Crippen LogP contribution is 2.14. The first-order valence-corrected chi connectivity index (χ1v) is 3.27. The van der Waals surface area contributed by atoms with Crippen LogP contribution in [0.15, 0.2) is 12.1 Å². The Morgan fingerprint density at radius 3 is 2.50 bits per heavy atom. The normalized spacial score (nSPS) is 9.50. The molecule has 0 unspecified atom stereocenters. The van der Waals surface area contributed by atoms with Crippen LogP contribution in [0.25, 0.3) is 0 Å². The van der Waals surface area contributed by atoms with E-state index in [0.717, 1.165) is 11.3 Å². The Morgan fingerprint density at radius 2 is 2.00 bits per heavy atom. The van der Waals surface area contributed by atoms with Crippen LogP contribution in [0, 0.1) is 19.9 Å². The average molecular weight is 135 g/mol. The lowest BCUT2D eigenvalue weighted by atomic mass is 10.1. The molecule has 0 saturated carbocycles. The molecule has 1 rings (SSSR count). The minimum absolute atomic E-state index is 0.808. The van der Waals surface area contributed by atoms with E-state index in [1.807, 2.05) is 19.1 Å². The molecule has 10 heavy (non-hydrogen) atoms. The lowest BCUT2D eigenvalue weighted by Crippen LogP contribution is -1.85.